The monoisotopic (exact) mass is 339 g/mol. The number of likely N-dealkylation sites (tertiary alicyclic amines) is 1. The second kappa shape index (κ2) is 9.19. The molecule has 2 unspecified atom stereocenters. The van der Waals surface area contributed by atoms with Gasteiger partial charge in [-0.05, 0) is 45.6 Å². The molecule has 4 nitrogen and oxygen atoms in total. The highest BCUT2D eigenvalue weighted by Gasteiger charge is 2.31. The van der Waals surface area contributed by atoms with Crippen molar-refractivity contribution in [2.45, 2.75) is 63.6 Å². The van der Waals surface area contributed by atoms with Gasteiger partial charge < -0.3 is 15.5 Å². The zero-order chi connectivity index (χ0) is 14.0. The Bertz CT molecular complexity index is 330. The Morgan fingerprint density at radius 2 is 1.95 bits per heavy atom. The minimum atomic E-state index is 0. The summed E-state index contributed by atoms with van der Waals surface area (Å²) in [6, 6.07) is 1.23. The third-order valence-electron chi connectivity index (χ3n) is 5.28. The van der Waals surface area contributed by atoms with Crippen molar-refractivity contribution >= 4 is 30.7 Å². The van der Waals surface area contributed by atoms with Crippen LogP contribution in [0.1, 0.15) is 45.4 Å². The van der Waals surface area contributed by atoms with Crippen molar-refractivity contribution in [3.8, 4) is 0 Å². The maximum atomic E-state index is 12.4. The van der Waals surface area contributed by atoms with Crippen LogP contribution in [0.2, 0.25) is 0 Å². The molecular formula is C15H31Cl2N3O. The summed E-state index contributed by atoms with van der Waals surface area (Å²) < 4.78 is 0. The summed E-state index contributed by atoms with van der Waals surface area (Å²) >= 11 is 0. The molecule has 6 heteroatoms. The third kappa shape index (κ3) is 5.27. The van der Waals surface area contributed by atoms with E-state index in [1.807, 2.05) is 11.9 Å². The molecule has 126 valence electrons. The van der Waals surface area contributed by atoms with E-state index in [4.69, 9.17) is 5.73 Å². The van der Waals surface area contributed by atoms with Gasteiger partial charge in [0.1, 0.15) is 0 Å². The van der Waals surface area contributed by atoms with Gasteiger partial charge in [0.15, 0.2) is 0 Å². The molecule has 0 radical (unpaired) electrons. The Balaban J connectivity index is 0.00000200. The summed E-state index contributed by atoms with van der Waals surface area (Å²) in [4.78, 5) is 16.8. The van der Waals surface area contributed by atoms with Gasteiger partial charge in [0, 0.05) is 38.1 Å². The SMILES string of the molecule is CC1CC(N(C)C(=O)C[C@@H]2CCC[C@H]2N)CCN1C.Cl.Cl. The van der Waals surface area contributed by atoms with E-state index in [1.54, 1.807) is 0 Å². The van der Waals surface area contributed by atoms with E-state index in [-0.39, 0.29) is 30.9 Å². The van der Waals surface area contributed by atoms with Gasteiger partial charge in [-0.25, -0.2) is 0 Å². The Hall–Kier alpha value is -0.0300. The van der Waals surface area contributed by atoms with Crippen molar-refractivity contribution in [1.29, 1.82) is 0 Å². The first-order valence-corrected chi connectivity index (χ1v) is 7.70. The fraction of sp³-hybridized carbons (Fsp3) is 0.933. The van der Waals surface area contributed by atoms with Crippen molar-refractivity contribution in [1.82, 2.24) is 9.80 Å². The molecule has 1 saturated carbocycles. The van der Waals surface area contributed by atoms with Gasteiger partial charge in [-0.2, -0.15) is 0 Å². The number of hydrogen-bond acceptors (Lipinski definition) is 3. The highest BCUT2D eigenvalue weighted by Crippen LogP contribution is 2.28. The lowest BCUT2D eigenvalue weighted by Crippen LogP contribution is -2.48. The number of piperidine rings is 1. The highest BCUT2D eigenvalue weighted by molar-refractivity contribution is 5.85. The second-order valence-corrected chi connectivity index (χ2v) is 6.57. The predicted octanol–water partition coefficient (Wildman–Crippen LogP) is 2.29. The smallest absolute Gasteiger partial charge is 0.222 e. The number of carbonyl (C=O) groups excluding carboxylic acids is 1. The van der Waals surface area contributed by atoms with Crippen LogP contribution >= 0.6 is 24.8 Å². The van der Waals surface area contributed by atoms with Crippen LogP contribution in [0.4, 0.5) is 0 Å². The molecule has 0 bridgehead atoms. The molecule has 4 atom stereocenters. The van der Waals surface area contributed by atoms with Gasteiger partial charge in [0.2, 0.25) is 5.91 Å². The average molecular weight is 340 g/mol. The van der Waals surface area contributed by atoms with E-state index in [0.29, 0.717) is 30.3 Å². The van der Waals surface area contributed by atoms with Crippen LogP contribution in [-0.4, -0.2) is 54.5 Å². The molecule has 21 heavy (non-hydrogen) atoms. The lowest BCUT2D eigenvalue weighted by atomic mass is 9.95. The quantitative estimate of drug-likeness (QED) is 0.858. The minimum Gasteiger partial charge on any atom is -0.343 e. The molecule has 0 aromatic heterocycles. The molecule has 0 aromatic carbocycles. The summed E-state index contributed by atoms with van der Waals surface area (Å²) in [5.74, 6) is 0.711. The third-order valence-corrected chi connectivity index (χ3v) is 5.28. The molecule has 1 saturated heterocycles. The zero-order valence-electron chi connectivity index (χ0n) is 13.5. The van der Waals surface area contributed by atoms with Gasteiger partial charge in [-0.3, -0.25) is 4.79 Å². The number of rotatable bonds is 3. The first kappa shape index (κ1) is 21.0. The average Bonchev–Trinajstić information content (AvgIpc) is 2.77. The number of carbonyl (C=O) groups is 1. The topological polar surface area (TPSA) is 49.6 Å². The summed E-state index contributed by atoms with van der Waals surface area (Å²) in [6.45, 7) is 3.34. The molecule has 1 amide bonds. The fourth-order valence-electron chi connectivity index (χ4n) is 3.51. The maximum absolute atomic E-state index is 12.4. The minimum absolute atomic E-state index is 0. The summed E-state index contributed by atoms with van der Waals surface area (Å²) in [5.41, 5.74) is 6.07. The Morgan fingerprint density at radius 1 is 1.29 bits per heavy atom. The van der Waals surface area contributed by atoms with Crippen LogP contribution in [0, 0.1) is 5.92 Å². The van der Waals surface area contributed by atoms with E-state index in [1.165, 1.54) is 6.42 Å². The molecule has 2 fully saturated rings. The maximum Gasteiger partial charge on any atom is 0.222 e. The fourth-order valence-corrected chi connectivity index (χ4v) is 3.51. The van der Waals surface area contributed by atoms with Gasteiger partial charge in [0.25, 0.3) is 0 Å². The molecule has 1 heterocycles. The van der Waals surface area contributed by atoms with Gasteiger partial charge >= 0.3 is 0 Å². The van der Waals surface area contributed by atoms with E-state index in [0.717, 1.165) is 32.2 Å². The largest absolute Gasteiger partial charge is 0.343 e. The van der Waals surface area contributed by atoms with Crippen LogP contribution in [-0.2, 0) is 4.79 Å². The summed E-state index contributed by atoms with van der Waals surface area (Å²) in [7, 11) is 4.14. The van der Waals surface area contributed by atoms with Gasteiger partial charge in [0.05, 0.1) is 0 Å². The molecule has 2 rings (SSSR count). The van der Waals surface area contributed by atoms with E-state index < -0.39 is 0 Å². The van der Waals surface area contributed by atoms with Crippen LogP contribution in [0.5, 0.6) is 0 Å². The normalized spacial score (nSPS) is 33.0. The molecule has 0 aromatic rings. The molecule has 2 N–H and O–H groups in total. The van der Waals surface area contributed by atoms with Gasteiger partial charge in [-0.15, -0.1) is 24.8 Å². The lowest BCUT2D eigenvalue weighted by molar-refractivity contribution is -0.134. The number of nitrogens with two attached hydrogens (primary N) is 1. The number of hydrogen-bond donors (Lipinski definition) is 1. The van der Waals surface area contributed by atoms with Crippen molar-refractivity contribution in [2.24, 2.45) is 11.7 Å². The molecule has 2 aliphatic rings. The highest BCUT2D eigenvalue weighted by atomic mass is 35.5. The Labute approximate surface area is 141 Å². The first-order valence-electron chi connectivity index (χ1n) is 7.70. The van der Waals surface area contributed by atoms with Crippen molar-refractivity contribution in [3.05, 3.63) is 0 Å². The van der Waals surface area contributed by atoms with E-state index >= 15 is 0 Å². The van der Waals surface area contributed by atoms with Crippen molar-refractivity contribution in [2.75, 3.05) is 20.6 Å². The van der Waals surface area contributed by atoms with Crippen LogP contribution in [0.15, 0.2) is 0 Å². The van der Waals surface area contributed by atoms with E-state index in [9.17, 15) is 4.79 Å². The van der Waals surface area contributed by atoms with Gasteiger partial charge in [-0.1, -0.05) is 6.42 Å². The first-order chi connectivity index (χ1) is 8.99. The van der Waals surface area contributed by atoms with E-state index in [2.05, 4.69) is 18.9 Å². The predicted molar refractivity (Wildman–Crippen MR) is 92.3 cm³/mol. The van der Waals surface area contributed by atoms with Crippen LogP contribution in [0.25, 0.3) is 0 Å². The van der Waals surface area contributed by atoms with Crippen LogP contribution in [0.3, 0.4) is 0 Å². The standard InChI is InChI=1S/C15H29N3O.2ClH/c1-11-9-13(7-8-17(11)2)18(3)15(19)10-12-5-4-6-14(12)16;;/h11-14H,4-10,16H2,1-3H3;2*1H/t11?,12-,13?,14+;;/m0../s1. The Kier molecular flexibility index (Phi) is 9.17. The zero-order valence-corrected chi connectivity index (χ0v) is 15.1. The summed E-state index contributed by atoms with van der Waals surface area (Å²) in [5, 5.41) is 0. The lowest BCUT2D eigenvalue weighted by Gasteiger charge is -2.39. The van der Waals surface area contributed by atoms with Crippen molar-refractivity contribution < 1.29 is 4.79 Å². The molecule has 1 aliphatic heterocycles. The number of halogens is 2. The summed E-state index contributed by atoms with van der Waals surface area (Å²) in [6.07, 6.45) is 6.25. The second-order valence-electron chi connectivity index (χ2n) is 6.57. The molecular weight excluding hydrogens is 309 g/mol. The van der Waals surface area contributed by atoms with Crippen LogP contribution < -0.4 is 5.73 Å². The number of amides is 1. The van der Waals surface area contributed by atoms with Crippen molar-refractivity contribution in [3.63, 3.8) is 0 Å². The molecule has 0 spiro atoms. The molecule has 1 aliphatic carbocycles. The Morgan fingerprint density at radius 3 is 2.48 bits per heavy atom. The number of nitrogens with zero attached hydrogens (tertiary/aromatic N) is 2.